The van der Waals surface area contributed by atoms with Crippen molar-refractivity contribution in [3.05, 3.63) is 12.0 Å². The fourth-order valence-electron chi connectivity index (χ4n) is 1.92. The molecule has 0 bridgehead atoms. The fraction of sp³-hybridized carbons (Fsp3) is 0.769. The third-order valence-corrected chi connectivity index (χ3v) is 3.40. The predicted molar refractivity (Wildman–Crippen MR) is 76.4 cm³/mol. The number of anilines is 1. The monoisotopic (exact) mass is 273 g/mol. The molecule has 0 N–H and O–H groups in total. The van der Waals surface area contributed by atoms with E-state index >= 15 is 0 Å². The standard InChI is InChI=1S/C13H24ClN3O/c1-4-16(5-2)8-7-9-17(6-3)13-15-12(10-14)11-18-13/h11H,4-10H2,1-3H3. The van der Waals surface area contributed by atoms with E-state index < -0.39 is 0 Å². The zero-order chi connectivity index (χ0) is 13.4. The summed E-state index contributed by atoms with van der Waals surface area (Å²) < 4.78 is 5.44. The van der Waals surface area contributed by atoms with Gasteiger partial charge in [0.1, 0.15) is 6.26 Å². The maximum absolute atomic E-state index is 5.72. The Kier molecular flexibility index (Phi) is 7.13. The molecule has 1 aromatic rings. The second kappa shape index (κ2) is 8.38. The van der Waals surface area contributed by atoms with Crippen LogP contribution in [0.25, 0.3) is 0 Å². The second-order valence-corrected chi connectivity index (χ2v) is 4.48. The lowest BCUT2D eigenvalue weighted by Crippen LogP contribution is -2.30. The van der Waals surface area contributed by atoms with E-state index in [-0.39, 0.29) is 0 Å². The molecular weight excluding hydrogens is 250 g/mol. The molecule has 1 rings (SSSR count). The van der Waals surface area contributed by atoms with Crippen LogP contribution in [-0.2, 0) is 5.88 Å². The number of rotatable bonds is 9. The van der Waals surface area contributed by atoms with Crippen molar-refractivity contribution in [3.63, 3.8) is 0 Å². The molecule has 1 aromatic heterocycles. The molecule has 0 amide bonds. The van der Waals surface area contributed by atoms with Crippen molar-refractivity contribution in [1.82, 2.24) is 9.88 Å². The summed E-state index contributed by atoms with van der Waals surface area (Å²) in [6, 6.07) is 0.688. The first-order chi connectivity index (χ1) is 8.74. The highest BCUT2D eigenvalue weighted by atomic mass is 35.5. The minimum absolute atomic E-state index is 0.403. The fourth-order valence-corrected chi connectivity index (χ4v) is 2.04. The average molecular weight is 274 g/mol. The molecule has 0 spiro atoms. The highest BCUT2D eigenvalue weighted by molar-refractivity contribution is 6.16. The van der Waals surface area contributed by atoms with Crippen molar-refractivity contribution < 1.29 is 4.42 Å². The molecule has 0 atom stereocenters. The third kappa shape index (κ3) is 4.50. The zero-order valence-corrected chi connectivity index (χ0v) is 12.4. The summed E-state index contributed by atoms with van der Waals surface area (Å²) in [5.74, 6) is 0.403. The Morgan fingerprint density at radius 1 is 1.17 bits per heavy atom. The maximum atomic E-state index is 5.72. The van der Waals surface area contributed by atoms with E-state index in [0.717, 1.165) is 44.8 Å². The van der Waals surface area contributed by atoms with Gasteiger partial charge in [-0.2, -0.15) is 4.98 Å². The highest BCUT2D eigenvalue weighted by Gasteiger charge is 2.11. The second-order valence-electron chi connectivity index (χ2n) is 4.22. The first-order valence-corrected chi connectivity index (χ1v) is 7.26. The number of halogens is 1. The minimum Gasteiger partial charge on any atom is -0.432 e. The molecular formula is C13H24ClN3O. The Morgan fingerprint density at radius 2 is 1.89 bits per heavy atom. The first kappa shape index (κ1) is 15.3. The lowest BCUT2D eigenvalue weighted by molar-refractivity contribution is 0.300. The van der Waals surface area contributed by atoms with Gasteiger partial charge in [-0.05, 0) is 33.0 Å². The number of nitrogens with zero attached hydrogens (tertiary/aromatic N) is 3. The molecule has 4 nitrogen and oxygen atoms in total. The predicted octanol–water partition coefficient (Wildman–Crippen LogP) is 2.97. The lowest BCUT2D eigenvalue weighted by Gasteiger charge is -2.22. The molecule has 1 heterocycles. The van der Waals surface area contributed by atoms with Crippen molar-refractivity contribution in [3.8, 4) is 0 Å². The van der Waals surface area contributed by atoms with Crippen LogP contribution in [0.3, 0.4) is 0 Å². The van der Waals surface area contributed by atoms with Gasteiger partial charge in [-0.1, -0.05) is 13.8 Å². The zero-order valence-electron chi connectivity index (χ0n) is 11.7. The molecule has 0 aromatic carbocycles. The third-order valence-electron chi connectivity index (χ3n) is 3.13. The number of hydrogen-bond donors (Lipinski definition) is 0. The molecule has 0 saturated heterocycles. The lowest BCUT2D eigenvalue weighted by atomic mass is 10.3. The number of oxazole rings is 1. The summed E-state index contributed by atoms with van der Waals surface area (Å²) in [4.78, 5) is 8.93. The maximum Gasteiger partial charge on any atom is 0.297 e. The van der Waals surface area contributed by atoms with Crippen molar-refractivity contribution in [1.29, 1.82) is 0 Å². The van der Waals surface area contributed by atoms with E-state index in [1.807, 2.05) is 0 Å². The molecule has 0 fully saturated rings. The Hall–Kier alpha value is -0.740. The van der Waals surface area contributed by atoms with Crippen molar-refractivity contribution in [2.24, 2.45) is 0 Å². The van der Waals surface area contributed by atoms with Crippen LogP contribution in [0.15, 0.2) is 10.7 Å². The summed E-state index contributed by atoms with van der Waals surface area (Å²) in [5, 5.41) is 0. The van der Waals surface area contributed by atoms with Gasteiger partial charge in [-0.3, -0.25) is 0 Å². The van der Waals surface area contributed by atoms with Crippen LogP contribution in [0.4, 0.5) is 6.01 Å². The highest BCUT2D eigenvalue weighted by Crippen LogP contribution is 2.15. The summed E-state index contributed by atoms with van der Waals surface area (Å²) in [6.45, 7) is 11.7. The Labute approximate surface area is 115 Å². The number of alkyl halides is 1. The molecule has 5 heteroatoms. The molecule has 18 heavy (non-hydrogen) atoms. The summed E-state index contributed by atoms with van der Waals surface area (Å²) in [7, 11) is 0. The minimum atomic E-state index is 0.403. The van der Waals surface area contributed by atoms with Gasteiger partial charge in [0.2, 0.25) is 0 Å². The van der Waals surface area contributed by atoms with E-state index in [9.17, 15) is 0 Å². The van der Waals surface area contributed by atoms with Crippen molar-refractivity contribution in [2.75, 3.05) is 37.6 Å². The average Bonchev–Trinajstić information content (AvgIpc) is 2.88. The van der Waals surface area contributed by atoms with Gasteiger partial charge in [-0.25, -0.2) is 0 Å². The Bertz CT molecular complexity index is 326. The van der Waals surface area contributed by atoms with Gasteiger partial charge >= 0.3 is 0 Å². The van der Waals surface area contributed by atoms with Crippen LogP contribution in [0.5, 0.6) is 0 Å². The van der Waals surface area contributed by atoms with Crippen LogP contribution in [0, 0.1) is 0 Å². The summed E-state index contributed by atoms with van der Waals surface area (Å²) in [6.07, 6.45) is 2.75. The molecule has 0 saturated carbocycles. The summed E-state index contributed by atoms with van der Waals surface area (Å²) in [5.41, 5.74) is 0.800. The van der Waals surface area contributed by atoms with Gasteiger partial charge in [0, 0.05) is 13.1 Å². The SMILES string of the molecule is CCN(CC)CCCN(CC)c1nc(CCl)co1. The van der Waals surface area contributed by atoms with E-state index in [1.54, 1.807) is 6.26 Å². The van der Waals surface area contributed by atoms with Gasteiger partial charge in [0.15, 0.2) is 0 Å². The van der Waals surface area contributed by atoms with E-state index in [0.29, 0.717) is 11.9 Å². The molecule has 0 aliphatic carbocycles. The van der Waals surface area contributed by atoms with Gasteiger partial charge in [-0.15, -0.1) is 11.6 Å². The topological polar surface area (TPSA) is 32.5 Å². The van der Waals surface area contributed by atoms with E-state index in [4.69, 9.17) is 16.0 Å². The van der Waals surface area contributed by atoms with Crippen molar-refractivity contribution >= 4 is 17.6 Å². The van der Waals surface area contributed by atoms with Crippen LogP contribution in [-0.4, -0.2) is 42.6 Å². The molecule has 0 unspecified atom stereocenters. The largest absolute Gasteiger partial charge is 0.432 e. The van der Waals surface area contributed by atoms with Gasteiger partial charge in [0.05, 0.1) is 11.6 Å². The van der Waals surface area contributed by atoms with Crippen LogP contribution >= 0.6 is 11.6 Å². The van der Waals surface area contributed by atoms with Gasteiger partial charge < -0.3 is 14.2 Å². The molecule has 0 radical (unpaired) electrons. The quantitative estimate of drug-likeness (QED) is 0.648. The first-order valence-electron chi connectivity index (χ1n) is 6.72. The van der Waals surface area contributed by atoms with Crippen LogP contribution < -0.4 is 4.90 Å². The molecule has 0 aliphatic rings. The molecule has 0 aliphatic heterocycles. The Morgan fingerprint density at radius 3 is 2.39 bits per heavy atom. The normalized spacial score (nSPS) is 11.2. The van der Waals surface area contributed by atoms with E-state index in [2.05, 4.69) is 35.6 Å². The number of aromatic nitrogens is 1. The molecule has 104 valence electrons. The van der Waals surface area contributed by atoms with E-state index in [1.165, 1.54) is 0 Å². The van der Waals surface area contributed by atoms with Crippen LogP contribution in [0.1, 0.15) is 32.9 Å². The summed E-state index contributed by atoms with van der Waals surface area (Å²) >= 11 is 5.72. The van der Waals surface area contributed by atoms with Crippen LogP contribution in [0.2, 0.25) is 0 Å². The van der Waals surface area contributed by atoms with Crippen molar-refractivity contribution in [2.45, 2.75) is 33.1 Å². The van der Waals surface area contributed by atoms with Gasteiger partial charge in [0.25, 0.3) is 6.01 Å². The smallest absolute Gasteiger partial charge is 0.297 e. The Balaban J connectivity index is 2.42. The number of hydrogen-bond acceptors (Lipinski definition) is 4.